The molecular weight excluding hydrogens is 266 g/mol. The molecule has 0 aromatic carbocycles. The molecule has 0 aromatic heterocycles. The van der Waals surface area contributed by atoms with E-state index >= 15 is 0 Å². The second-order valence-electron chi connectivity index (χ2n) is 6.35. The van der Waals surface area contributed by atoms with Crippen molar-refractivity contribution in [3.63, 3.8) is 0 Å². The fraction of sp³-hybridized carbons (Fsp3) is 0.929. The van der Waals surface area contributed by atoms with Gasteiger partial charge in [0.05, 0.1) is 18.7 Å². The lowest BCUT2D eigenvalue weighted by atomic mass is 9.96. The Labute approximate surface area is 118 Å². The zero-order chi connectivity index (χ0) is 14.8. The summed E-state index contributed by atoms with van der Waals surface area (Å²) in [5, 5.41) is 5.47. The first-order valence-corrected chi connectivity index (χ1v) is 7.39. The van der Waals surface area contributed by atoms with E-state index in [0.29, 0.717) is 12.5 Å². The summed E-state index contributed by atoms with van der Waals surface area (Å²) in [6.45, 7) is 4.48. The maximum atomic E-state index is 13.1. The van der Waals surface area contributed by atoms with Crippen LogP contribution in [-0.2, 0) is 9.53 Å². The molecule has 0 radical (unpaired) electrons. The Balaban J connectivity index is 1.79. The Morgan fingerprint density at radius 2 is 2.25 bits per heavy atom. The molecule has 3 atom stereocenters. The van der Waals surface area contributed by atoms with Gasteiger partial charge in [0.15, 0.2) is 0 Å². The van der Waals surface area contributed by atoms with Crippen LogP contribution in [0.25, 0.3) is 0 Å². The van der Waals surface area contributed by atoms with E-state index in [4.69, 9.17) is 4.74 Å². The molecule has 2 heterocycles. The molecule has 20 heavy (non-hydrogen) atoms. The van der Waals surface area contributed by atoms with E-state index in [1.54, 1.807) is 0 Å². The molecule has 2 aliphatic heterocycles. The van der Waals surface area contributed by atoms with E-state index in [1.807, 2.05) is 0 Å². The van der Waals surface area contributed by atoms with Crippen molar-refractivity contribution in [2.45, 2.75) is 63.6 Å². The van der Waals surface area contributed by atoms with Crippen LogP contribution < -0.4 is 10.6 Å². The molecule has 0 bridgehead atoms. The second-order valence-corrected chi connectivity index (χ2v) is 6.35. The molecule has 2 fully saturated rings. The summed E-state index contributed by atoms with van der Waals surface area (Å²) >= 11 is 0. The molecule has 0 aromatic rings. The Morgan fingerprint density at radius 3 is 2.85 bits per heavy atom. The van der Waals surface area contributed by atoms with Crippen molar-refractivity contribution >= 4 is 5.91 Å². The van der Waals surface area contributed by atoms with Gasteiger partial charge in [-0.3, -0.25) is 10.1 Å². The fourth-order valence-corrected chi connectivity index (χ4v) is 2.90. The van der Waals surface area contributed by atoms with Crippen molar-refractivity contribution in [2.75, 3.05) is 13.2 Å². The normalized spacial score (nSPS) is 33.4. The Morgan fingerprint density at radius 1 is 1.50 bits per heavy atom. The first kappa shape index (κ1) is 15.6. The van der Waals surface area contributed by atoms with Crippen LogP contribution in [0.15, 0.2) is 0 Å². The number of carbonyl (C=O) groups is 1. The largest absolute Gasteiger partial charge is 0.378 e. The highest BCUT2D eigenvalue weighted by Gasteiger charge is 2.42. The van der Waals surface area contributed by atoms with Gasteiger partial charge in [-0.15, -0.1) is 0 Å². The van der Waals surface area contributed by atoms with Gasteiger partial charge in [0, 0.05) is 19.1 Å². The van der Waals surface area contributed by atoms with E-state index in [9.17, 15) is 13.6 Å². The summed E-state index contributed by atoms with van der Waals surface area (Å²) in [5.74, 6) is -2.53. The topological polar surface area (TPSA) is 50.4 Å². The van der Waals surface area contributed by atoms with Crippen LogP contribution >= 0.6 is 0 Å². The number of rotatable bonds is 4. The second kappa shape index (κ2) is 6.35. The minimum Gasteiger partial charge on any atom is -0.378 e. The van der Waals surface area contributed by atoms with E-state index in [1.165, 1.54) is 0 Å². The summed E-state index contributed by atoms with van der Waals surface area (Å²) in [7, 11) is 0. The van der Waals surface area contributed by atoms with Gasteiger partial charge in [0.25, 0.3) is 5.92 Å². The average Bonchev–Trinajstić information content (AvgIpc) is 2.69. The zero-order valence-electron chi connectivity index (χ0n) is 12.1. The molecule has 2 saturated heterocycles. The van der Waals surface area contributed by atoms with Gasteiger partial charge in [-0.1, -0.05) is 13.8 Å². The third kappa shape index (κ3) is 4.38. The van der Waals surface area contributed by atoms with Crippen molar-refractivity contribution in [3.8, 4) is 0 Å². The Hall–Kier alpha value is -0.750. The highest BCUT2D eigenvalue weighted by atomic mass is 19.3. The number of hydrogen-bond acceptors (Lipinski definition) is 3. The average molecular weight is 290 g/mol. The summed E-state index contributed by atoms with van der Waals surface area (Å²) < 4.78 is 31.8. The number of alkyl halides is 2. The van der Waals surface area contributed by atoms with E-state index in [2.05, 4.69) is 24.5 Å². The lowest BCUT2D eigenvalue weighted by Crippen LogP contribution is -2.48. The van der Waals surface area contributed by atoms with Crippen molar-refractivity contribution in [2.24, 2.45) is 5.92 Å². The van der Waals surface area contributed by atoms with Crippen LogP contribution in [0.1, 0.15) is 39.5 Å². The van der Waals surface area contributed by atoms with Crippen LogP contribution in [-0.4, -0.2) is 43.2 Å². The Bertz CT molecular complexity index is 350. The van der Waals surface area contributed by atoms with Gasteiger partial charge in [-0.05, 0) is 25.2 Å². The third-order valence-electron chi connectivity index (χ3n) is 3.87. The molecule has 4 nitrogen and oxygen atoms in total. The molecule has 0 spiro atoms. The molecule has 3 unspecified atom stereocenters. The van der Waals surface area contributed by atoms with Gasteiger partial charge in [-0.25, -0.2) is 8.78 Å². The zero-order valence-corrected chi connectivity index (χ0v) is 12.1. The predicted molar refractivity (Wildman–Crippen MR) is 71.7 cm³/mol. The predicted octanol–water partition coefficient (Wildman–Crippen LogP) is 1.69. The van der Waals surface area contributed by atoms with Crippen molar-refractivity contribution in [3.05, 3.63) is 0 Å². The minimum atomic E-state index is -2.77. The quantitative estimate of drug-likeness (QED) is 0.828. The third-order valence-corrected chi connectivity index (χ3v) is 3.87. The minimum absolute atomic E-state index is 0.0380. The van der Waals surface area contributed by atoms with E-state index in [0.717, 1.165) is 19.3 Å². The van der Waals surface area contributed by atoms with Crippen LogP contribution in [0, 0.1) is 5.92 Å². The molecular formula is C14H24F2N2O2. The molecule has 116 valence electrons. The molecule has 2 rings (SSSR count). The van der Waals surface area contributed by atoms with Crippen molar-refractivity contribution in [1.82, 2.24) is 10.6 Å². The summed E-state index contributed by atoms with van der Waals surface area (Å²) in [6, 6.07) is -0.729. The fourth-order valence-electron chi connectivity index (χ4n) is 2.90. The summed E-state index contributed by atoms with van der Waals surface area (Å²) in [4.78, 5) is 12.0. The number of carbonyl (C=O) groups excluding carboxylic acids is 1. The lowest BCUT2D eigenvalue weighted by molar-refractivity contribution is -0.125. The number of amides is 1. The number of ether oxygens (including phenoxy) is 1. The van der Waals surface area contributed by atoms with Gasteiger partial charge in [0.1, 0.15) is 0 Å². The molecule has 2 N–H and O–H groups in total. The van der Waals surface area contributed by atoms with E-state index in [-0.39, 0.29) is 18.1 Å². The maximum absolute atomic E-state index is 13.1. The summed E-state index contributed by atoms with van der Waals surface area (Å²) in [6.07, 6.45) is 2.24. The monoisotopic (exact) mass is 290 g/mol. The highest BCUT2D eigenvalue weighted by Crippen LogP contribution is 2.26. The van der Waals surface area contributed by atoms with Crippen molar-refractivity contribution < 1.29 is 18.3 Å². The lowest BCUT2D eigenvalue weighted by Gasteiger charge is -2.31. The molecule has 1 amide bonds. The SMILES string of the molecule is CC(C)CC1CC(NC(=O)C2CC(F)(F)CN2)CCO1. The van der Waals surface area contributed by atoms with Crippen LogP contribution in [0.3, 0.4) is 0 Å². The smallest absolute Gasteiger partial charge is 0.262 e. The molecule has 0 aliphatic carbocycles. The van der Waals surface area contributed by atoms with E-state index < -0.39 is 24.9 Å². The van der Waals surface area contributed by atoms with Crippen LogP contribution in [0.5, 0.6) is 0 Å². The van der Waals surface area contributed by atoms with Gasteiger partial charge in [0.2, 0.25) is 5.91 Å². The highest BCUT2D eigenvalue weighted by molar-refractivity contribution is 5.82. The molecule has 0 saturated carbocycles. The van der Waals surface area contributed by atoms with Crippen LogP contribution in [0.4, 0.5) is 8.78 Å². The first-order valence-electron chi connectivity index (χ1n) is 7.39. The molecule has 2 aliphatic rings. The van der Waals surface area contributed by atoms with Gasteiger partial charge >= 0.3 is 0 Å². The van der Waals surface area contributed by atoms with Crippen molar-refractivity contribution in [1.29, 1.82) is 0 Å². The maximum Gasteiger partial charge on any atom is 0.262 e. The summed E-state index contributed by atoms with van der Waals surface area (Å²) in [5.41, 5.74) is 0. The standard InChI is InChI=1S/C14H24F2N2O2/c1-9(2)5-11-6-10(3-4-20-11)18-13(19)12-7-14(15,16)8-17-12/h9-12,17H,3-8H2,1-2H3,(H,18,19). The van der Waals surface area contributed by atoms with Gasteiger partial charge < -0.3 is 10.1 Å². The van der Waals surface area contributed by atoms with Gasteiger partial charge in [-0.2, -0.15) is 0 Å². The number of hydrogen-bond donors (Lipinski definition) is 2. The first-order chi connectivity index (χ1) is 9.35. The number of nitrogens with one attached hydrogen (secondary N) is 2. The Kier molecular flexibility index (Phi) is 4.96. The molecule has 6 heteroatoms. The van der Waals surface area contributed by atoms with Crippen LogP contribution in [0.2, 0.25) is 0 Å². The number of halogens is 2.